The number of amides is 1. The van der Waals surface area contributed by atoms with Gasteiger partial charge in [-0.2, -0.15) is 5.10 Å². The van der Waals surface area contributed by atoms with Gasteiger partial charge < -0.3 is 5.32 Å². The van der Waals surface area contributed by atoms with Crippen molar-refractivity contribution in [1.29, 1.82) is 0 Å². The average molecular weight is 345 g/mol. The molecule has 3 heterocycles. The Hall–Kier alpha value is -2.19. The summed E-state index contributed by atoms with van der Waals surface area (Å²) in [7, 11) is 0. The topological polar surface area (TPSA) is 83.6 Å². The van der Waals surface area contributed by atoms with E-state index in [-0.39, 0.29) is 11.2 Å². The first-order valence-corrected chi connectivity index (χ1v) is 8.79. The van der Waals surface area contributed by atoms with Crippen LogP contribution in [-0.4, -0.2) is 31.3 Å². The van der Waals surface area contributed by atoms with Crippen molar-refractivity contribution in [2.24, 2.45) is 0 Å². The molecule has 0 fully saturated rings. The maximum atomic E-state index is 12.1. The quantitative estimate of drug-likeness (QED) is 0.671. The van der Waals surface area contributed by atoms with E-state index in [9.17, 15) is 4.79 Å². The minimum atomic E-state index is -0.232. The molecule has 1 unspecified atom stereocenters. The van der Waals surface area contributed by atoms with Crippen molar-refractivity contribution in [3.8, 4) is 10.7 Å². The van der Waals surface area contributed by atoms with E-state index in [1.165, 1.54) is 11.8 Å². The second-order valence-electron chi connectivity index (χ2n) is 4.73. The number of pyridine rings is 1. The molecule has 2 N–H and O–H groups in total. The highest BCUT2D eigenvalue weighted by atomic mass is 32.2. The molecule has 3 aromatic rings. The molecule has 118 valence electrons. The smallest absolute Gasteiger partial charge is 0.233 e. The maximum absolute atomic E-state index is 12.1. The second kappa shape index (κ2) is 7.38. The minimum absolute atomic E-state index is 0.0604. The number of thiophene rings is 1. The van der Waals surface area contributed by atoms with E-state index in [1.807, 2.05) is 42.6 Å². The minimum Gasteiger partial charge on any atom is -0.348 e. The van der Waals surface area contributed by atoms with Crippen molar-refractivity contribution in [2.45, 2.75) is 23.7 Å². The van der Waals surface area contributed by atoms with E-state index in [0.717, 1.165) is 9.90 Å². The van der Waals surface area contributed by atoms with Gasteiger partial charge >= 0.3 is 0 Å². The van der Waals surface area contributed by atoms with Gasteiger partial charge in [0.25, 0.3) is 0 Å². The Labute approximate surface area is 141 Å². The van der Waals surface area contributed by atoms with Gasteiger partial charge in [-0.05, 0) is 30.5 Å². The predicted molar refractivity (Wildman–Crippen MR) is 91.1 cm³/mol. The summed E-state index contributed by atoms with van der Waals surface area (Å²) < 4.78 is 0. The molecule has 6 nitrogen and oxygen atoms in total. The van der Waals surface area contributed by atoms with Crippen LogP contribution in [0.3, 0.4) is 0 Å². The molecule has 0 saturated heterocycles. The van der Waals surface area contributed by atoms with Gasteiger partial charge in [-0.1, -0.05) is 23.9 Å². The number of hydrogen-bond acceptors (Lipinski definition) is 6. The van der Waals surface area contributed by atoms with Crippen LogP contribution in [0, 0.1) is 0 Å². The van der Waals surface area contributed by atoms with Crippen molar-refractivity contribution in [3.05, 3.63) is 47.7 Å². The number of carbonyl (C=O) groups is 1. The molecule has 3 rings (SSSR count). The van der Waals surface area contributed by atoms with Crippen LogP contribution in [0.25, 0.3) is 10.7 Å². The third-order valence-corrected chi connectivity index (χ3v) is 4.92. The number of carbonyl (C=O) groups excluding carboxylic acids is 1. The second-order valence-corrected chi connectivity index (χ2v) is 7.04. The number of nitrogens with zero attached hydrogens (tertiary/aromatic N) is 3. The predicted octanol–water partition coefficient (Wildman–Crippen LogP) is 2.73. The number of nitrogens with one attached hydrogen (secondary N) is 2. The first-order chi connectivity index (χ1) is 11.2. The molecule has 0 aliphatic carbocycles. The number of rotatable bonds is 6. The number of aromatic nitrogens is 4. The first kappa shape index (κ1) is 15.7. The highest BCUT2D eigenvalue weighted by Crippen LogP contribution is 2.21. The summed E-state index contributed by atoms with van der Waals surface area (Å²) in [5.41, 5.74) is 0. The normalized spacial score (nSPS) is 12.0. The summed E-state index contributed by atoms with van der Waals surface area (Å²) in [5, 5.41) is 12.4. The molecule has 0 saturated carbocycles. The van der Waals surface area contributed by atoms with Crippen molar-refractivity contribution < 1.29 is 4.79 Å². The molecule has 0 aliphatic heterocycles. The molecule has 0 aliphatic rings. The lowest BCUT2D eigenvalue weighted by Crippen LogP contribution is -2.30. The lowest BCUT2D eigenvalue weighted by Gasteiger charge is -2.10. The molecule has 0 spiro atoms. The van der Waals surface area contributed by atoms with Crippen LogP contribution in [0.1, 0.15) is 12.7 Å². The Kier molecular flexibility index (Phi) is 5.04. The van der Waals surface area contributed by atoms with E-state index in [4.69, 9.17) is 0 Å². The van der Waals surface area contributed by atoms with Gasteiger partial charge in [-0.25, -0.2) is 9.97 Å². The average Bonchev–Trinajstić information content (AvgIpc) is 3.24. The van der Waals surface area contributed by atoms with Crippen molar-refractivity contribution in [2.75, 3.05) is 0 Å². The molecule has 1 amide bonds. The number of H-pyrrole nitrogens is 1. The molecule has 0 bridgehead atoms. The van der Waals surface area contributed by atoms with Gasteiger partial charge in [0.2, 0.25) is 5.91 Å². The van der Waals surface area contributed by atoms with Crippen molar-refractivity contribution >= 4 is 29.0 Å². The SMILES string of the molecule is CC(Sc1ccccn1)C(=O)NCc1nc(-c2cccs2)n[nH]1. The van der Waals surface area contributed by atoms with E-state index >= 15 is 0 Å². The summed E-state index contributed by atoms with van der Waals surface area (Å²) >= 11 is 3.00. The highest BCUT2D eigenvalue weighted by Gasteiger charge is 2.15. The van der Waals surface area contributed by atoms with E-state index in [0.29, 0.717) is 18.2 Å². The van der Waals surface area contributed by atoms with Gasteiger partial charge in [0, 0.05) is 6.20 Å². The summed E-state index contributed by atoms with van der Waals surface area (Å²) in [5.74, 6) is 1.23. The maximum Gasteiger partial charge on any atom is 0.233 e. The largest absolute Gasteiger partial charge is 0.348 e. The Morgan fingerprint density at radius 2 is 2.30 bits per heavy atom. The van der Waals surface area contributed by atoms with Crippen LogP contribution in [0.5, 0.6) is 0 Å². The van der Waals surface area contributed by atoms with E-state index in [1.54, 1.807) is 17.5 Å². The summed E-state index contributed by atoms with van der Waals surface area (Å²) in [6, 6.07) is 9.55. The van der Waals surface area contributed by atoms with Gasteiger partial charge in [0.15, 0.2) is 5.82 Å². The van der Waals surface area contributed by atoms with Gasteiger partial charge in [-0.15, -0.1) is 11.3 Å². The zero-order valence-corrected chi connectivity index (χ0v) is 14.0. The molecular weight excluding hydrogens is 330 g/mol. The van der Waals surface area contributed by atoms with Gasteiger partial charge in [0.05, 0.1) is 21.7 Å². The van der Waals surface area contributed by atoms with Crippen LogP contribution >= 0.6 is 23.1 Å². The Morgan fingerprint density at radius 1 is 1.39 bits per heavy atom. The molecule has 23 heavy (non-hydrogen) atoms. The van der Waals surface area contributed by atoms with E-state index in [2.05, 4.69) is 25.5 Å². The lowest BCUT2D eigenvalue weighted by molar-refractivity contribution is -0.120. The Balaban J connectivity index is 1.52. The Bertz CT molecular complexity index is 757. The molecule has 0 radical (unpaired) electrons. The fraction of sp³-hybridized carbons (Fsp3) is 0.200. The van der Waals surface area contributed by atoms with Crippen LogP contribution in [0.2, 0.25) is 0 Å². The molecular formula is C15H15N5OS2. The zero-order valence-electron chi connectivity index (χ0n) is 12.4. The standard InChI is InChI=1S/C15H15N5OS2/c1-10(23-13-6-2-3-7-16-13)15(21)17-9-12-18-14(20-19-12)11-5-4-8-22-11/h2-8,10H,9H2,1H3,(H,17,21)(H,18,19,20). The molecule has 1 atom stereocenters. The van der Waals surface area contributed by atoms with Gasteiger partial charge in [0.1, 0.15) is 5.82 Å². The Morgan fingerprint density at radius 3 is 3.04 bits per heavy atom. The third-order valence-electron chi connectivity index (χ3n) is 3.01. The van der Waals surface area contributed by atoms with Gasteiger partial charge in [-0.3, -0.25) is 9.89 Å². The number of thioether (sulfide) groups is 1. The lowest BCUT2D eigenvalue weighted by atomic mass is 10.4. The van der Waals surface area contributed by atoms with Crippen LogP contribution in [-0.2, 0) is 11.3 Å². The zero-order chi connectivity index (χ0) is 16.1. The van der Waals surface area contributed by atoms with Crippen LogP contribution in [0.4, 0.5) is 0 Å². The molecule has 0 aromatic carbocycles. The molecule has 8 heteroatoms. The van der Waals surface area contributed by atoms with Crippen LogP contribution < -0.4 is 5.32 Å². The summed E-state index contributed by atoms with van der Waals surface area (Å²) in [6.45, 7) is 2.18. The van der Waals surface area contributed by atoms with Crippen molar-refractivity contribution in [1.82, 2.24) is 25.5 Å². The first-order valence-electron chi connectivity index (χ1n) is 7.03. The third kappa shape index (κ3) is 4.17. The monoisotopic (exact) mass is 345 g/mol. The summed E-state index contributed by atoms with van der Waals surface area (Å²) in [6.07, 6.45) is 1.72. The van der Waals surface area contributed by atoms with Crippen molar-refractivity contribution in [3.63, 3.8) is 0 Å². The highest BCUT2D eigenvalue weighted by molar-refractivity contribution is 8.00. The van der Waals surface area contributed by atoms with Crippen LogP contribution in [0.15, 0.2) is 46.9 Å². The fourth-order valence-corrected chi connectivity index (χ4v) is 3.35. The molecule has 3 aromatic heterocycles. The summed E-state index contributed by atoms with van der Waals surface area (Å²) in [4.78, 5) is 21.7. The fourth-order valence-electron chi connectivity index (χ4n) is 1.86. The van der Waals surface area contributed by atoms with E-state index < -0.39 is 0 Å². The number of hydrogen-bond donors (Lipinski definition) is 2. The number of aromatic amines is 1.